The summed E-state index contributed by atoms with van der Waals surface area (Å²) in [5.74, 6) is 0. The molecule has 1 aliphatic carbocycles. The summed E-state index contributed by atoms with van der Waals surface area (Å²) in [6, 6.07) is 4.84. The maximum absolute atomic E-state index is 6.30. The smallest absolute Gasteiger partial charge is 0.186 e. The third-order valence-electron chi connectivity index (χ3n) is 3.57. The quantitative estimate of drug-likeness (QED) is 0.815. The van der Waals surface area contributed by atoms with E-state index in [2.05, 4.69) is 27.0 Å². The number of thiazole rings is 1. The Morgan fingerprint density at radius 2 is 1.95 bits per heavy atom. The van der Waals surface area contributed by atoms with Gasteiger partial charge in [-0.05, 0) is 30.5 Å². The van der Waals surface area contributed by atoms with E-state index in [4.69, 9.17) is 11.6 Å². The molecule has 2 aromatic rings. The van der Waals surface area contributed by atoms with Gasteiger partial charge in [0.05, 0.1) is 4.88 Å². The van der Waals surface area contributed by atoms with Crippen LogP contribution in [0, 0.1) is 0 Å². The van der Waals surface area contributed by atoms with E-state index in [0.29, 0.717) is 11.2 Å². The van der Waals surface area contributed by atoms with Gasteiger partial charge in [-0.25, -0.2) is 4.98 Å². The molecule has 0 radical (unpaired) electrons. The molecule has 0 atom stereocenters. The standard InChI is InChI=1S/C15H19ClN4S/c1-19(2)15-18-14(16)13(21-15)10-20(12-3-4-12)9-11-5-7-17-8-6-11/h5-8,12H,3-4,9-10H2,1-2H3. The molecule has 0 aliphatic heterocycles. The van der Waals surface area contributed by atoms with Gasteiger partial charge in [-0.1, -0.05) is 22.9 Å². The van der Waals surface area contributed by atoms with Crippen molar-refractivity contribution in [2.24, 2.45) is 0 Å². The first kappa shape index (κ1) is 14.8. The predicted octanol–water partition coefficient (Wildman–Crippen LogP) is 3.42. The van der Waals surface area contributed by atoms with Crippen LogP contribution in [0.5, 0.6) is 0 Å². The molecule has 2 heterocycles. The van der Waals surface area contributed by atoms with Crippen molar-refractivity contribution < 1.29 is 0 Å². The second-order valence-corrected chi connectivity index (χ2v) is 7.02. The molecule has 21 heavy (non-hydrogen) atoms. The van der Waals surface area contributed by atoms with Gasteiger partial charge in [0.15, 0.2) is 5.13 Å². The summed E-state index contributed by atoms with van der Waals surface area (Å²) >= 11 is 7.98. The highest BCUT2D eigenvalue weighted by atomic mass is 35.5. The van der Waals surface area contributed by atoms with E-state index in [1.807, 2.05) is 31.4 Å². The van der Waals surface area contributed by atoms with Crippen molar-refractivity contribution in [2.75, 3.05) is 19.0 Å². The Morgan fingerprint density at radius 3 is 2.52 bits per heavy atom. The first-order valence-electron chi connectivity index (χ1n) is 7.09. The van der Waals surface area contributed by atoms with Crippen LogP contribution in [0.3, 0.4) is 0 Å². The fourth-order valence-corrected chi connectivity index (χ4v) is 3.48. The van der Waals surface area contributed by atoms with E-state index in [9.17, 15) is 0 Å². The van der Waals surface area contributed by atoms with E-state index in [0.717, 1.165) is 23.1 Å². The maximum atomic E-state index is 6.30. The fraction of sp³-hybridized carbons (Fsp3) is 0.467. The number of aromatic nitrogens is 2. The van der Waals surface area contributed by atoms with Crippen LogP contribution in [0.25, 0.3) is 0 Å². The van der Waals surface area contributed by atoms with Gasteiger partial charge in [0.2, 0.25) is 0 Å². The molecular formula is C15H19ClN4S. The number of nitrogens with zero attached hydrogens (tertiary/aromatic N) is 4. The third kappa shape index (κ3) is 3.73. The molecular weight excluding hydrogens is 304 g/mol. The van der Waals surface area contributed by atoms with Gasteiger partial charge in [0.25, 0.3) is 0 Å². The molecule has 0 bridgehead atoms. The molecule has 0 aromatic carbocycles. The van der Waals surface area contributed by atoms with E-state index < -0.39 is 0 Å². The lowest BCUT2D eigenvalue weighted by Crippen LogP contribution is -2.24. The topological polar surface area (TPSA) is 32.3 Å². The summed E-state index contributed by atoms with van der Waals surface area (Å²) in [4.78, 5) is 14.2. The molecule has 1 fully saturated rings. The first-order valence-corrected chi connectivity index (χ1v) is 8.28. The highest BCUT2D eigenvalue weighted by Gasteiger charge is 2.30. The monoisotopic (exact) mass is 322 g/mol. The first-order chi connectivity index (χ1) is 10.1. The van der Waals surface area contributed by atoms with Crippen molar-refractivity contribution in [3.05, 3.63) is 40.1 Å². The third-order valence-corrected chi connectivity index (χ3v) is 5.20. The number of anilines is 1. The zero-order chi connectivity index (χ0) is 14.8. The summed E-state index contributed by atoms with van der Waals surface area (Å²) in [7, 11) is 3.99. The average molecular weight is 323 g/mol. The largest absolute Gasteiger partial charge is 0.354 e. The Balaban J connectivity index is 1.73. The molecule has 0 unspecified atom stereocenters. The molecule has 0 N–H and O–H groups in total. The molecule has 3 rings (SSSR count). The summed E-state index contributed by atoms with van der Waals surface area (Å²) in [5, 5.41) is 1.61. The van der Waals surface area contributed by atoms with Gasteiger partial charge in [-0.15, -0.1) is 0 Å². The Hall–Kier alpha value is -1.17. The highest BCUT2D eigenvalue weighted by molar-refractivity contribution is 7.16. The number of rotatable bonds is 6. The second kappa shape index (κ2) is 6.30. The lowest BCUT2D eigenvalue weighted by Gasteiger charge is -2.21. The Kier molecular flexibility index (Phi) is 4.42. The normalized spacial score (nSPS) is 14.7. The Labute approximate surface area is 134 Å². The average Bonchev–Trinajstić information content (AvgIpc) is 3.24. The summed E-state index contributed by atoms with van der Waals surface area (Å²) in [6.07, 6.45) is 6.26. The highest BCUT2D eigenvalue weighted by Crippen LogP contribution is 2.34. The predicted molar refractivity (Wildman–Crippen MR) is 88.0 cm³/mol. The molecule has 112 valence electrons. The van der Waals surface area contributed by atoms with E-state index in [1.54, 1.807) is 11.3 Å². The van der Waals surface area contributed by atoms with Gasteiger partial charge in [-0.2, -0.15) is 0 Å². The summed E-state index contributed by atoms with van der Waals surface area (Å²) in [5.41, 5.74) is 1.30. The van der Waals surface area contributed by atoms with E-state index >= 15 is 0 Å². The van der Waals surface area contributed by atoms with Gasteiger partial charge >= 0.3 is 0 Å². The zero-order valence-corrected chi connectivity index (χ0v) is 13.9. The molecule has 0 spiro atoms. The van der Waals surface area contributed by atoms with Gasteiger partial charge in [-0.3, -0.25) is 9.88 Å². The van der Waals surface area contributed by atoms with Crippen molar-refractivity contribution in [3.63, 3.8) is 0 Å². The van der Waals surface area contributed by atoms with Crippen molar-refractivity contribution >= 4 is 28.1 Å². The molecule has 0 saturated heterocycles. The van der Waals surface area contributed by atoms with Crippen LogP contribution in [0.4, 0.5) is 5.13 Å². The molecule has 1 aliphatic rings. The van der Waals surface area contributed by atoms with Crippen molar-refractivity contribution in [2.45, 2.75) is 32.0 Å². The molecule has 2 aromatic heterocycles. The minimum atomic E-state index is 0.643. The summed E-state index contributed by atoms with van der Waals surface area (Å²) < 4.78 is 0. The van der Waals surface area contributed by atoms with Crippen LogP contribution in [0.2, 0.25) is 5.15 Å². The Bertz CT molecular complexity index is 595. The molecule has 0 amide bonds. The molecule has 1 saturated carbocycles. The molecule has 4 nitrogen and oxygen atoms in total. The lowest BCUT2D eigenvalue weighted by molar-refractivity contribution is 0.248. The van der Waals surface area contributed by atoms with Gasteiger partial charge in [0, 0.05) is 45.6 Å². The van der Waals surface area contributed by atoms with Gasteiger partial charge < -0.3 is 4.90 Å². The SMILES string of the molecule is CN(C)c1nc(Cl)c(CN(Cc2ccncc2)C2CC2)s1. The maximum Gasteiger partial charge on any atom is 0.186 e. The summed E-state index contributed by atoms with van der Waals surface area (Å²) in [6.45, 7) is 1.82. The van der Waals surface area contributed by atoms with Gasteiger partial charge in [0.1, 0.15) is 5.15 Å². The fourth-order valence-electron chi connectivity index (χ4n) is 2.27. The van der Waals surface area contributed by atoms with E-state index in [1.165, 1.54) is 18.4 Å². The van der Waals surface area contributed by atoms with Crippen LogP contribution >= 0.6 is 22.9 Å². The van der Waals surface area contributed by atoms with Crippen LogP contribution in [0.1, 0.15) is 23.3 Å². The lowest BCUT2D eigenvalue weighted by atomic mass is 10.2. The Morgan fingerprint density at radius 1 is 1.24 bits per heavy atom. The minimum Gasteiger partial charge on any atom is -0.354 e. The second-order valence-electron chi connectivity index (χ2n) is 5.60. The van der Waals surface area contributed by atoms with Crippen LogP contribution in [-0.4, -0.2) is 35.0 Å². The molecule has 6 heteroatoms. The van der Waals surface area contributed by atoms with Crippen molar-refractivity contribution in [1.82, 2.24) is 14.9 Å². The van der Waals surface area contributed by atoms with Crippen molar-refractivity contribution in [3.8, 4) is 0 Å². The van der Waals surface area contributed by atoms with Crippen LogP contribution < -0.4 is 4.90 Å². The van der Waals surface area contributed by atoms with Crippen LogP contribution in [0.15, 0.2) is 24.5 Å². The zero-order valence-electron chi connectivity index (χ0n) is 12.3. The number of hydrogen-bond donors (Lipinski definition) is 0. The van der Waals surface area contributed by atoms with Crippen LogP contribution in [-0.2, 0) is 13.1 Å². The number of pyridine rings is 1. The number of halogens is 1. The van der Waals surface area contributed by atoms with Crippen molar-refractivity contribution in [1.29, 1.82) is 0 Å². The minimum absolute atomic E-state index is 0.643. The number of hydrogen-bond acceptors (Lipinski definition) is 5. The van der Waals surface area contributed by atoms with E-state index in [-0.39, 0.29) is 0 Å².